The summed E-state index contributed by atoms with van der Waals surface area (Å²) in [5.41, 5.74) is -0.984. The van der Waals surface area contributed by atoms with Crippen molar-refractivity contribution in [1.29, 1.82) is 0 Å². The maximum absolute atomic E-state index is 13.4. The van der Waals surface area contributed by atoms with Gasteiger partial charge >= 0.3 is 0 Å². The van der Waals surface area contributed by atoms with Gasteiger partial charge in [0.15, 0.2) is 0 Å². The molecule has 1 amide bonds. The van der Waals surface area contributed by atoms with Gasteiger partial charge in [-0.3, -0.25) is 14.9 Å². The van der Waals surface area contributed by atoms with Gasteiger partial charge in [-0.05, 0) is 37.8 Å². The third-order valence-corrected chi connectivity index (χ3v) is 3.27. The zero-order valence-electron chi connectivity index (χ0n) is 13.1. The minimum Gasteiger partial charge on any atom is -0.393 e. The van der Waals surface area contributed by atoms with Crippen molar-refractivity contribution in [3.05, 3.63) is 39.2 Å². The van der Waals surface area contributed by atoms with Crippen molar-refractivity contribution in [2.24, 2.45) is 5.41 Å². The summed E-state index contributed by atoms with van der Waals surface area (Å²) in [6.45, 7) is 6.94. The van der Waals surface area contributed by atoms with Crippen molar-refractivity contribution < 1.29 is 19.2 Å². The van der Waals surface area contributed by atoms with E-state index in [0.29, 0.717) is 6.42 Å². The molecule has 2 N–H and O–H groups in total. The molecule has 6 nitrogen and oxygen atoms in total. The summed E-state index contributed by atoms with van der Waals surface area (Å²) in [5.74, 6) is -1.40. The highest BCUT2D eigenvalue weighted by Gasteiger charge is 2.26. The highest BCUT2D eigenvalue weighted by Crippen LogP contribution is 2.26. The molecule has 0 fully saturated rings. The maximum Gasteiger partial charge on any atom is 0.285 e. The van der Waals surface area contributed by atoms with Crippen LogP contribution in [-0.2, 0) is 0 Å². The number of hydrogen-bond acceptors (Lipinski definition) is 4. The van der Waals surface area contributed by atoms with E-state index in [4.69, 9.17) is 0 Å². The normalized spacial score (nSPS) is 12.8. The number of rotatable bonds is 6. The fourth-order valence-electron chi connectivity index (χ4n) is 2.44. The summed E-state index contributed by atoms with van der Waals surface area (Å²) in [7, 11) is 0. The van der Waals surface area contributed by atoms with Gasteiger partial charge in [0.1, 0.15) is 11.4 Å². The molecule has 0 aliphatic heterocycles. The zero-order valence-corrected chi connectivity index (χ0v) is 13.1. The number of hydrogen-bond donors (Lipinski definition) is 2. The van der Waals surface area contributed by atoms with Gasteiger partial charge in [-0.1, -0.05) is 13.8 Å². The van der Waals surface area contributed by atoms with Crippen LogP contribution >= 0.6 is 0 Å². The molecule has 7 heteroatoms. The first kappa shape index (κ1) is 18.0. The van der Waals surface area contributed by atoms with Crippen molar-refractivity contribution in [3.8, 4) is 0 Å². The molecule has 0 bridgehead atoms. The molecule has 0 aromatic heterocycles. The van der Waals surface area contributed by atoms with Gasteiger partial charge in [0, 0.05) is 12.1 Å². The van der Waals surface area contributed by atoms with Crippen LogP contribution in [0.4, 0.5) is 10.1 Å². The monoisotopic (exact) mass is 312 g/mol. The number of halogens is 1. The summed E-state index contributed by atoms with van der Waals surface area (Å²) in [4.78, 5) is 22.5. The Bertz CT molecular complexity index is 585. The molecule has 122 valence electrons. The van der Waals surface area contributed by atoms with Crippen LogP contribution in [0.3, 0.4) is 0 Å². The summed E-state index contributed by atoms with van der Waals surface area (Å²) in [6, 6.07) is 1.88. The number of aliphatic hydroxyl groups excluding tert-OH is 1. The Balaban J connectivity index is 2.97. The molecule has 0 aliphatic rings. The number of nitrogens with one attached hydrogen (secondary N) is 1. The Labute approximate surface area is 128 Å². The zero-order chi connectivity index (χ0) is 17.1. The van der Waals surface area contributed by atoms with Gasteiger partial charge < -0.3 is 10.4 Å². The third kappa shape index (κ3) is 4.77. The number of carbonyl (C=O) groups excluding carboxylic acids is 1. The number of aliphatic hydroxyl groups is 1. The van der Waals surface area contributed by atoms with E-state index in [1.807, 2.05) is 13.8 Å². The molecule has 1 atom stereocenters. The highest BCUT2D eigenvalue weighted by atomic mass is 19.1. The average molecular weight is 312 g/mol. The lowest BCUT2D eigenvalue weighted by atomic mass is 9.87. The standard InChI is InChI=1S/C15H21FN2O4/c1-9-5-11(16)6-12(13(9)18(21)22)14(20)17-8-15(3,4)7-10(2)19/h5-6,10,19H,7-8H2,1-4H3,(H,17,20). The van der Waals surface area contributed by atoms with Crippen molar-refractivity contribution in [3.63, 3.8) is 0 Å². The van der Waals surface area contributed by atoms with Crippen molar-refractivity contribution in [2.75, 3.05) is 6.54 Å². The summed E-state index contributed by atoms with van der Waals surface area (Å²) in [6.07, 6.45) is -0.0740. The first-order valence-electron chi connectivity index (χ1n) is 6.94. The molecule has 1 aromatic rings. The van der Waals surface area contributed by atoms with Crippen LogP contribution in [0.5, 0.6) is 0 Å². The Morgan fingerprint density at radius 3 is 2.59 bits per heavy atom. The molecule has 0 heterocycles. The largest absolute Gasteiger partial charge is 0.393 e. The number of carbonyl (C=O) groups is 1. The quantitative estimate of drug-likeness (QED) is 0.623. The van der Waals surface area contributed by atoms with E-state index >= 15 is 0 Å². The van der Waals surface area contributed by atoms with E-state index in [1.165, 1.54) is 6.92 Å². The number of aryl methyl sites for hydroxylation is 1. The van der Waals surface area contributed by atoms with Gasteiger partial charge in [-0.25, -0.2) is 4.39 Å². The van der Waals surface area contributed by atoms with Gasteiger partial charge in [-0.2, -0.15) is 0 Å². The van der Waals surface area contributed by atoms with E-state index in [-0.39, 0.29) is 23.1 Å². The van der Waals surface area contributed by atoms with Crippen molar-refractivity contribution >= 4 is 11.6 Å². The second-order valence-corrected chi connectivity index (χ2v) is 6.28. The molecule has 0 saturated carbocycles. The van der Waals surface area contributed by atoms with Crippen LogP contribution in [0, 0.1) is 28.3 Å². The number of nitro groups is 1. The molecule has 22 heavy (non-hydrogen) atoms. The molecule has 1 unspecified atom stereocenters. The molecule has 0 saturated heterocycles. The number of nitrogens with zero attached hydrogens (tertiary/aromatic N) is 1. The smallest absolute Gasteiger partial charge is 0.285 e. The maximum atomic E-state index is 13.4. The van der Waals surface area contributed by atoms with E-state index in [9.17, 15) is 24.4 Å². The average Bonchev–Trinajstić information content (AvgIpc) is 2.32. The predicted molar refractivity (Wildman–Crippen MR) is 80.2 cm³/mol. The van der Waals surface area contributed by atoms with Gasteiger partial charge in [-0.15, -0.1) is 0 Å². The van der Waals surface area contributed by atoms with Crippen molar-refractivity contribution in [2.45, 2.75) is 40.2 Å². The first-order valence-corrected chi connectivity index (χ1v) is 6.94. The lowest BCUT2D eigenvalue weighted by molar-refractivity contribution is -0.385. The van der Waals surface area contributed by atoms with Crippen molar-refractivity contribution in [1.82, 2.24) is 5.32 Å². The van der Waals surface area contributed by atoms with Crippen LogP contribution in [-0.4, -0.2) is 28.6 Å². The van der Waals surface area contributed by atoms with E-state index in [0.717, 1.165) is 12.1 Å². The number of nitro benzene ring substituents is 1. The number of amides is 1. The first-order chi connectivity index (χ1) is 10.0. The fourth-order valence-corrected chi connectivity index (χ4v) is 2.44. The van der Waals surface area contributed by atoms with Crippen LogP contribution in [0.15, 0.2) is 12.1 Å². The number of benzene rings is 1. The van der Waals surface area contributed by atoms with E-state index in [1.54, 1.807) is 6.92 Å². The lowest BCUT2D eigenvalue weighted by Crippen LogP contribution is -2.36. The molecule has 1 aromatic carbocycles. The van der Waals surface area contributed by atoms with Gasteiger partial charge in [0.25, 0.3) is 11.6 Å². The molecule has 0 aliphatic carbocycles. The SMILES string of the molecule is Cc1cc(F)cc(C(=O)NCC(C)(C)CC(C)O)c1[N+](=O)[O-]. The molecule has 0 radical (unpaired) electrons. The Morgan fingerprint density at radius 2 is 2.09 bits per heavy atom. The molecular formula is C15H21FN2O4. The summed E-state index contributed by atoms with van der Waals surface area (Å²) >= 11 is 0. The van der Waals surface area contributed by atoms with E-state index in [2.05, 4.69) is 5.32 Å². The lowest BCUT2D eigenvalue weighted by Gasteiger charge is -2.26. The third-order valence-electron chi connectivity index (χ3n) is 3.27. The van der Waals surface area contributed by atoms with Gasteiger partial charge in [0.05, 0.1) is 11.0 Å². The highest BCUT2D eigenvalue weighted by molar-refractivity contribution is 5.98. The minimum absolute atomic E-state index is 0.0957. The minimum atomic E-state index is -0.701. The topological polar surface area (TPSA) is 92.5 Å². The Morgan fingerprint density at radius 1 is 1.50 bits per heavy atom. The van der Waals surface area contributed by atoms with E-state index < -0.39 is 28.4 Å². The molecule has 1 rings (SSSR count). The van der Waals surface area contributed by atoms with Crippen LogP contribution in [0.25, 0.3) is 0 Å². The Kier molecular flexibility index (Phi) is 5.59. The van der Waals surface area contributed by atoms with Gasteiger partial charge in [0.2, 0.25) is 0 Å². The van der Waals surface area contributed by atoms with Crippen LogP contribution < -0.4 is 5.32 Å². The summed E-state index contributed by atoms with van der Waals surface area (Å²) in [5, 5.41) is 23.1. The van der Waals surface area contributed by atoms with Crippen LogP contribution in [0.1, 0.15) is 43.1 Å². The second-order valence-electron chi connectivity index (χ2n) is 6.28. The van der Waals surface area contributed by atoms with Crippen LogP contribution in [0.2, 0.25) is 0 Å². The summed E-state index contributed by atoms with van der Waals surface area (Å²) < 4.78 is 13.4. The fraction of sp³-hybridized carbons (Fsp3) is 0.533. The second kappa shape index (κ2) is 6.83. The Hall–Kier alpha value is -2.02. The molecular weight excluding hydrogens is 291 g/mol. The molecule has 0 spiro atoms. The predicted octanol–water partition coefficient (Wildman–Crippen LogP) is 2.57.